The van der Waals surface area contributed by atoms with Gasteiger partial charge >= 0.3 is 5.97 Å². The number of β-lactam (4-membered cyclic amide) rings is 1. The first-order chi connectivity index (χ1) is 5.18. The summed E-state index contributed by atoms with van der Waals surface area (Å²) in [4.78, 5) is 21.3. The van der Waals surface area contributed by atoms with Crippen molar-refractivity contribution in [2.24, 2.45) is 5.92 Å². The van der Waals surface area contributed by atoms with Crippen molar-refractivity contribution >= 4 is 11.9 Å². The Balaban J connectivity index is 1.90. The fraction of sp³-hybridized carbons (Fsp3) is 0.714. The first-order valence-electron chi connectivity index (χ1n) is 3.66. The van der Waals surface area contributed by atoms with Crippen LogP contribution in [0, 0.1) is 5.92 Å². The highest BCUT2D eigenvalue weighted by molar-refractivity contribution is 5.88. The van der Waals surface area contributed by atoms with Crippen molar-refractivity contribution in [3.8, 4) is 0 Å². The minimum absolute atomic E-state index is 0.0208. The van der Waals surface area contributed by atoms with Gasteiger partial charge in [0.15, 0.2) is 0 Å². The molecule has 2 aliphatic rings. The summed E-state index contributed by atoms with van der Waals surface area (Å²) in [6.07, 6.45) is 0.641. The Labute approximate surface area is 63.9 Å². The summed E-state index contributed by atoms with van der Waals surface area (Å²) in [5.74, 6) is -0.320. The number of esters is 1. The topological polar surface area (TPSA) is 55.4 Å². The van der Waals surface area contributed by atoms with Gasteiger partial charge < -0.3 is 10.1 Å². The van der Waals surface area contributed by atoms with E-state index in [2.05, 4.69) is 5.32 Å². The monoisotopic (exact) mass is 155 g/mol. The number of amides is 1. The van der Waals surface area contributed by atoms with E-state index in [0.29, 0.717) is 0 Å². The van der Waals surface area contributed by atoms with Crippen LogP contribution in [0.2, 0.25) is 0 Å². The number of rotatable bonds is 1. The van der Waals surface area contributed by atoms with Gasteiger partial charge in [-0.2, -0.15) is 0 Å². The summed E-state index contributed by atoms with van der Waals surface area (Å²) in [7, 11) is 0. The lowest BCUT2D eigenvalue weighted by molar-refractivity contribution is -0.173. The van der Waals surface area contributed by atoms with Gasteiger partial charge in [-0.1, -0.05) is 0 Å². The number of carbonyl (C=O) groups is 2. The quantitative estimate of drug-likeness (QED) is 0.408. The summed E-state index contributed by atoms with van der Waals surface area (Å²) in [6, 6.07) is 0.284. The third-order valence-electron chi connectivity index (χ3n) is 2.27. The molecule has 60 valence electrons. The first kappa shape index (κ1) is 6.64. The molecule has 0 aromatic carbocycles. The second-order valence-electron chi connectivity index (χ2n) is 3.02. The largest absolute Gasteiger partial charge is 0.462 e. The predicted octanol–water partition coefficient (Wildman–Crippen LogP) is -0.564. The molecule has 0 radical (unpaired) electrons. The van der Waals surface area contributed by atoms with Crippen molar-refractivity contribution in [3.05, 3.63) is 0 Å². The number of piperidine rings is 1. The van der Waals surface area contributed by atoms with Crippen LogP contribution in [-0.2, 0) is 14.3 Å². The minimum atomic E-state index is -0.298. The van der Waals surface area contributed by atoms with Crippen LogP contribution in [0.4, 0.5) is 0 Å². The van der Waals surface area contributed by atoms with E-state index in [4.69, 9.17) is 4.74 Å². The number of hydrogen-bond donors (Lipinski definition) is 1. The van der Waals surface area contributed by atoms with Crippen molar-refractivity contribution < 1.29 is 14.3 Å². The van der Waals surface area contributed by atoms with Gasteiger partial charge in [0.05, 0.1) is 5.92 Å². The lowest BCUT2D eigenvalue weighted by atomic mass is 9.70. The number of hydrogen-bond acceptors (Lipinski definition) is 3. The summed E-state index contributed by atoms with van der Waals surface area (Å²) >= 11 is 0. The average molecular weight is 155 g/mol. The van der Waals surface area contributed by atoms with Gasteiger partial charge in [-0.05, 0) is 0 Å². The van der Waals surface area contributed by atoms with Crippen LogP contribution in [-0.4, -0.2) is 24.0 Å². The Hall–Kier alpha value is -1.06. The van der Waals surface area contributed by atoms with Crippen LogP contribution in [0.15, 0.2) is 0 Å². The summed E-state index contributed by atoms with van der Waals surface area (Å²) in [6.45, 7) is 1.36. The van der Waals surface area contributed by atoms with Crippen molar-refractivity contribution in [1.82, 2.24) is 5.32 Å². The first-order valence-corrected chi connectivity index (χ1v) is 3.66. The molecule has 4 nitrogen and oxygen atoms in total. The zero-order valence-electron chi connectivity index (χ0n) is 6.16. The predicted molar refractivity (Wildman–Crippen MR) is 35.6 cm³/mol. The molecule has 2 rings (SSSR count). The fourth-order valence-electron chi connectivity index (χ4n) is 1.62. The number of nitrogens with one attached hydrogen (secondary N) is 1. The molecule has 1 saturated heterocycles. The molecule has 0 spiro atoms. The second-order valence-corrected chi connectivity index (χ2v) is 3.02. The highest BCUT2D eigenvalue weighted by atomic mass is 16.5. The zero-order chi connectivity index (χ0) is 8.01. The smallest absolute Gasteiger partial charge is 0.302 e. The van der Waals surface area contributed by atoms with Crippen LogP contribution >= 0.6 is 0 Å². The summed E-state index contributed by atoms with van der Waals surface area (Å²) in [5.41, 5.74) is 0. The molecule has 0 bridgehead atoms. The molecule has 1 saturated carbocycles. The Morgan fingerprint density at radius 1 is 1.73 bits per heavy atom. The highest BCUT2D eigenvalue weighted by Crippen LogP contribution is 2.37. The molecular weight excluding hydrogens is 146 g/mol. The number of carbonyl (C=O) groups excluding carboxylic acids is 2. The van der Waals surface area contributed by atoms with Crippen molar-refractivity contribution in [2.45, 2.75) is 25.5 Å². The van der Waals surface area contributed by atoms with Crippen molar-refractivity contribution in [1.29, 1.82) is 0 Å². The van der Waals surface area contributed by atoms with Gasteiger partial charge in [0.25, 0.3) is 0 Å². The fourth-order valence-corrected chi connectivity index (χ4v) is 1.62. The third kappa shape index (κ3) is 0.818. The van der Waals surface area contributed by atoms with Gasteiger partial charge in [0.1, 0.15) is 6.10 Å². The van der Waals surface area contributed by atoms with Crippen LogP contribution in [0.3, 0.4) is 0 Å². The maximum atomic E-state index is 10.8. The Bertz CT molecular complexity index is 226. The molecule has 1 amide bonds. The molecule has 4 heteroatoms. The maximum Gasteiger partial charge on any atom is 0.302 e. The lowest BCUT2D eigenvalue weighted by Crippen LogP contribution is -2.71. The molecule has 1 aliphatic heterocycles. The van der Waals surface area contributed by atoms with E-state index < -0.39 is 0 Å². The highest BCUT2D eigenvalue weighted by Gasteiger charge is 2.55. The molecule has 3 atom stereocenters. The zero-order valence-corrected chi connectivity index (χ0v) is 6.16. The van der Waals surface area contributed by atoms with Crippen LogP contribution in [0.1, 0.15) is 13.3 Å². The van der Waals surface area contributed by atoms with Crippen molar-refractivity contribution in [3.63, 3.8) is 0 Å². The van der Waals surface area contributed by atoms with Gasteiger partial charge in [-0.3, -0.25) is 9.59 Å². The lowest BCUT2D eigenvalue weighted by Gasteiger charge is -2.50. The van der Waals surface area contributed by atoms with Gasteiger partial charge in [0, 0.05) is 19.4 Å². The Morgan fingerprint density at radius 3 is 2.91 bits per heavy atom. The van der Waals surface area contributed by atoms with E-state index in [1.54, 1.807) is 0 Å². The molecule has 2 fully saturated rings. The molecule has 1 heterocycles. The summed E-state index contributed by atoms with van der Waals surface area (Å²) in [5, 5.41) is 2.72. The second kappa shape index (κ2) is 1.96. The minimum Gasteiger partial charge on any atom is -0.462 e. The Kier molecular flexibility index (Phi) is 1.19. The van der Waals surface area contributed by atoms with Crippen LogP contribution < -0.4 is 5.32 Å². The molecule has 0 aromatic rings. The molecule has 1 aliphatic carbocycles. The normalized spacial score (nSPS) is 39.4. The maximum absolute atomic E-state index is 10.8. The number of ether oxygens (including phenoxy) is 1. The standard InChI is InChI=1S/C7H9NO3/c1-3(9)11-5-2-4-6(5)7(10)8-4/h4-6H,2H2,1H3,(H,8,10). The van der Waals surface area contributed by atoms with E-state index in [1.807, 2.05) is 0 Å². The van der Waals surface area contributed by atoms with Gasteiger partial charge in [-0.15, -0.1) is 0 Å². The third-order valence-corrected chi connectivity index (χ3v) is 2.27. The molecule has 1 N–H and O–H groups in total. The van der Waals surface area contributed by atoms with E-state index in [0.717, 1.165) is 6.42 Å². The van der Waals surface area contributed by atoms with E-state index >= 15 is 0 Å². The molecular formula is C7H9NO3. The van der Waals surface area contributed by atoms with E-state index in [-0.39, 0.29) is 29.9 Å². The summed E-state index contributed by atoms with van der Waals surface area (Å²) < 4.78 is 4.89. The SMILES string of the molecule is CC(=O)OC1CC2NC(=O)C21. The van der Waals surface area contributed by atoms with Gasteiger partial charge in [-0.25, -0.2) is 0 Å². The Morgan fingerprint density at radius 2 is 2.45 bits per heavy atom. The van der Waals surface area contributed by atoms with E-state index in [9.17, 15) is 9.59 Å². The van der Waals surface area contributed by atoms with E-state index in [1.165, 1.54) is 6.92 Å². The molecule has 0 aromatic heterocycles. The van der Waals surface area contributed by atoms with Crippen LogP contribution in [0.25, 0.3) is 0 Å². The number of fused-ring (bicyclic) bond motifs is 1. The van der Waals surface area contributed by atoms with Crippen LogP contribution in [0.5, 0.6) is 0 Å². The van der Waals surface area contributed by atoms with Crippen molar-refractivity contribution in [2.75, 3.05) is 0 Å². The molecule has 11 heavy (non-hydrogen) atoms. The molecule has 3 unspecified atom stereocenters. The average Bonchev–Trinajstić information content (AvgIpc) is 1.82. The van der Waals surface area contributed by atoms with Gasteiger partial charge in [0.2, 0.25) is 5.91 Å².